The number of ether oxygens (including phenoxy) is 3. The topological polar surface area (TPSA) is 90.9 Å². The summed E-state index contributed by atoms with van der Waals surface area (Å²) in [6, 6.07) is 10.1. The highest BCUT2D eigenvalue weighted by Crippen LogP contribution is 2.25. The fourth-order valence-corrected chi connectivity index (χ4v) is 3.21. The fourth-order valence-electron chi connectivity index (χ4n) is 2.28. The van der Waals surface area contributed by atoms with Gasteiger partial charge in [-0.25, -0.2) is 22.3 Å². The summed E-state index contributed by atoms with van der Waals surface area (Å²) in [5, 5.41) is 0. The van der Waals surface area contributed by atoms with Crippen LogP contribution in [0.3, 0.4) is 0 Å². The summed E-state index contributed by atoms with van der Waals surface area (Å²) >= 11 is 0. The summed E-state index contributed by atoms with van der Waals surface area (Å²) in [6.45, 7) is 0.457. The molecule has 156 valence electrons. The largest absolute Gasteiger partial charge is 0.495 e. The van der Waals surface area contributed by atoms with Crippen molar-refractivity contribution in [3.63, 3.8) is 0 Å². The Balaban J connectivity index is 1.84. The van der Waals surface area contributed by atoms with E-state index in [-0.39, 0.29) is 23.1 Å². The van der Waals surface area contributed by atoms with Crippen molar-refractivity contribution in [2.75, 3.05) is 27.4 Å². The summed E-state index contributed by atoms with van der Waals surface area (Å²) in [5.41, 5.74) is 0.496. The van der Waals surface area contributed by atoms with Gasteiger partial charge >= 0.3 is 5.97 Å². The number of nitrogens with one attached hydrogen (secondary N) is 1. The Morgan fingerprint density at radius 2 is 1.86 bits per heavy atom. The molecule has 0 saturated carbocycles. The zero-order valence-electron chi connectivity index (χ0n) is 16.1. The number of benzene rings is 2. The first kappa shape index (κ1) is 22.4. The lowest BCUT2D eigenvalue weighted by Crippen LogP contribution is -2.19. The Kier molecular flexibility index (Phi) is 8.17. The second-order valence-electron chi connectivity index (χ2n) is 5.77. The molecule has 0 amide bonds. The third-order valence-electron chi connectivity index (χ3n) is 3.77. The van der Waals surface area contributed by atoms with Gasteiger partial charge in [-0.3, -0.25) is 0 Å². The number of methoxy groups -OCH3 is 1. The minimum atomic E-state index is -3.71. The first-order valence-corrected chi connectivity index (χ1v) is 10.2. The number of rotatable bonds is 10. The van der Waals surface area contributed by atoms with Gasteiger partial charge in [0.25, 0.3) is 0 Å². The van der Waals surface area contributed by atoms with Crippen molar-refractivity contribution in [1.82, 2.24) is 4.72 Å². The van der Waals surface area contributed by atoms with Gasteiger partial charge in [-0.05, 0) is 55.1 Å². The van der Waals surface area contributed by atoms with E-state index in [4.69, 9.17) is 14.2 Å². The SMILES string of the molecule is CNS(=O)(=O)c1cc(/C=C/C(=O)OCCCOc2ccc(F)cc2)ccc1OC. The van der Waals surface area contributed by atoms with Crippen LogP contribution in [0, 0.1) is 5.82 Å². The molecule has 9 heteroatoms. The van der Waals surface area contributed by atoms with E-state index in [9.17, 15) is 17.6 Å². The molecular formula is C20H22FNO6S. The van der Waals surface area contributed by atoms with E-state index in [1.165, 1.54) is 62.7 Å². The molecule has 0 aliphatic rings. The molecule has 0 bridgehead atoms. The lowest BCUT2D eigenvalue weighted by Gasteiger charge is -2.09. The Labute approximate surface area is 169 Å². The molecule has 0 atom stereocenters. The van der Waals surface area contributed by atoms with Crippen LogP contribution in [0.2, 0.25) is 0 Å². The molecule has 0 aliphatic carbocycles. The minimum Gasteiger partial charge on any atom is -0.495 e. The van der Waals surface area contributed by atoms with E-state index in [0.717, 1.165) is 0 Å². The average molecular weight is 423 g/mol. The number of carbonyl (C=O) groups is 1. The van der Waals surface area contributed by atoms with Gasteiger partial charge in [-0.1, -0.05) is 6.07 Å². The molecule has 2 aromatic carbocycles. The summed E-state index contributed by atoms with van der Waals surface area (Å²) < 4.78 is 54.7. The van der Waals surface area contributed by atoms with Gasteiger partial charge in [-0.15, -0.1) is 0 Å². The molecule has 29 heavy (non-hydrogen) atoms. The van der Waals surface area contributed by atoms with Crippen molar-refractivity contribution < 1.29 is 31.8 Å². The summed E-state index contributed by atoms with van der Waals surface area (Å²) in [6.07, 6.45) is 3.12. The van der Waals surface area contributed by atoms with E-state index >= 15 is 0 Å². The maximum Gasteiger partial charge on any atom is 0.330 e. The first-order chi connectivity index (χ1) is 13.9. The Morgan fingerprint density at radius 1 is 1.14 bits per heavy atom. The zero-order chi connectivity index (χ0) is 21.3. The van der Waals surface area contributed by atoms with Crippen molar-refractivity contribution in [3.8, 4) is 11.5 Å². The smallest absolute Gasteiger partial charge is 0.330 e. The van der Waals surface area contributed by atoms with Crippen LogP contribution in [0.4, 0.5) is 4.39 Å². The normalized spacial score (nSPS) is 11.4. The van der Waals surface area contributed by atoms with Crippen LogP contribution in [-0.2, 0) is 19.6 Å². The van der Waals surface area contributed by atoms with Gasteiger partial charge in [0.2, 0.25) is 10.0 Å². The lowest BCUT2D eigenvalue weighted by molar-refractivity contribution is -0.137. The van der Waals surface area contributed by atoms with Gasteiger partial charge in [0.1, 0.15) is 22.2 Å². The van der Waals surface area contributed by atoms with Crippen LogP contribution in [0.5, 0.6) is 11.5 Å². The minimum absolute atomic E-state index is 0.0315. The van der Waals surface area contributed by atoms with Crippen molar-refractivity contribution in [1.29, 1.82) is 0 Å². The molecule has 0 unspecified atom stereocenters. The summed E-state index contributed by atoms with van der Waals surface area (Å²) in [7, 11) is -1.04. The third kappa shape index (κ3) is 6.88. The monoisotopic (exact) mass is 423 g/mol. The van der Waals surface area contributed by atoms with Gasteiger partial charge < -0.3 is 14.2 Å². The average Bonchev–Trinajstić information content (AvgIpc) is 2.73. The van der Waals surface area contributed by atoms with Crippen molar-refractivity contribution >= 4 is 22.1 Å². The molecule has 0 radical (unpaired) electrons. The number of sulfonamides is 1. The predicted molar refractivity (Wildman–Crippen MR) is 106 cm³/mol. The number of hydrogen-bond acceptors (Lipinski definition) is 6. The Bertz CT molecular complexity index is 957. The molecule has 2 rings (SSSR count). The highest BCUT2D eigenvalue weighted by molar-refractivity contribution is 7.89. The van der Waals surface area contributed by atoms with Crippen LogP contribution < -0.4 is 14.2 Å². The second-order valence-corrected chi connectivity index (χ2v) is 7.63. The molecule has 2 aromatic rings. The van der Waals surface area contributed by atoms with Gasteiger partial charge in [-0.2, -0.15) is 0 Å². The molecule has 0 aliphatic heterocycles. The number of esters is 1. The number of halogens is 1. The molecule has 0 aromatic heterocycles. The number of carbonyl (C=O) groups excluding carboxylic acids is 1. The molecule has 0 fully saturated rings. The van der Waals surface area contributed by atoms with Crippen molar-refractivity contribution in [2.24, 2.45) is 0 Å². The molecule has 0 saturated heterocycles. The van der Waals surface area contributed by atoms with Crippen LogP contribution >= 0.6 is 0 Å². The fraction of sp³-hybridized carbons (Fsp3) is 0.250. The third-order valence-corrected chi connectivity index (χ3v) is 5.21. The van der Waals surface area contributed by atoms with Crippen LogP contribution in [0.1, 0.15) is 12.0 Å². The first-order valence-electron chi connectivity index (χ1n) is 8.70. The molecule has 0 spiro atoms. The second kappa shape index (κ2) is 10.6. The quantitative estimate of drug-likeness (QED) is 0.359. The summed E-state index contributed by atoms with van der Waals surface area (Å²) in [5.74, 6) is -0.184. The molecule has 1 N–H and O–H groups in total. The van der Waals surface area contributed by atoms with Gasteiger partial charge in [0, 0.05) is 12.5 Å². The Morgan fingerprint density at radius 3 is 2.52 bits per heavy atom. The molecular weight excluding hydrogens is 401 g/mol. The highest BCUT2D eigenvalue weighted by Gasteiger charge is 2.17. The summed E-state index contributed by atoms with van der Waals surface area (Å²) in [4.78, 5) is 11.8. The van der Waals surface area contributed by atoms with E-state index in [2.05, 4.69) is 4.72 Å². The molecule has 7 nitrogen and oxygen atoms in total. The van der Waals surface area contributed by atoms with E-state index in [0.29, 0.717) is 24.3 Å². The Hall–Kier alpha value is -2.91. The van der Waals surface area contributed by atoms with Crippen LogP contribution in [-0.4, -0.2) is 41.8 Å². The maximum atomic E-state index is 12.8. The van der Waals surface area contributed by atoms with Crippen molar-refractivity contribution in [3.05, 3.63) is 59.9 Å². The maximum absolute atomic E-state index is 12.8. The highest BCUT2D eigenvalue weighted by atomic mass is 32.2. The predicted octanol–water partition coefficient (Wildman–Crippen LogP) is 2.77. The zero-order valence-corrected chi connectivity index (χ0v) is 16.9. The van der Waals surface area contributed by atoms with E-state index < -0.39 is 16.0 Å². The van der Waals surface area contributed by atoms with E-state index in [1.807, 2.05) is 0 Å². The van der Waals surface area contributed by atoms with Crippen molar-refractivity contribution in [2.45, 2.75) is 11.3 Å². The lowest BCUT2D eigenvalue weighted by atomic mass is 10.2. The van der Waals surface area contributed by atoms with E-state index in [1.54, 1.807) is 6.07 Å². The van der Waals surface area contributed by atoms with Gasteiger partial charge in [0.05, 0.1) is 20.3 Å². The molecule has 0 heterocycles. The van der Waals surface area contributed by atoms with Gasteiger partial charge in [0.15, 0.2) is 0 Å². The van der Waals surface area contributed by atoms with Crippen LogP contribution in [0.25, 0.3) is 6.08 Å². The van der Waals surface area contributed by atoms with Crippen LogP contribution in [0.15, 0.2) is 53.4 Å². The standard InChI is InChI=1S/C20H22FNO6S/c1-22-29(24,25)19-14-15(4-10-18(19)26-2)5-11-20(23)28-13-3-12-27-17-8-6-16(21)7-9-17/h4-11,14,22H,3,12-13H2,1-2H3/b11-5+. The number of hydrogen-bond donors (Lipinski definition) is 1.